The Labute approximate surface area is 212 Å². The lowest BCUT2D eigenvalue weighted by Gasteiger charge is -2.35. The van der Waals surface area contributed by atoms with Crippen LogP contribution in [0.5, 0.6) is 5.75 Å². The number of benzene rings is 1. The summed E-state index contributed by atoms with van der Waals surface area (Å²) >= 11 is 0. The third kappa shape index (κ3) is 4.90. The number of fused-ring (bicyclic) bond motifs is 1. The smallest absolute Gasteiger partial charge is 0.319 e. The van der Waals surface area contributed by atoms with Gasteiger partial charge in [-0.1, -0.05) is 0 Å². The lowest BCUT2D eigenvalue weighted by atomic mass is 10.1. The molecule has 0 atom stereocenters. The van der Waals surface area contributed by atoms with Gasteiger partial charge in [-0.25, -0.2) is 9.78 Å². The van der Waals surface area contributed by atoms with E-state index in [1.54, 1.807) is 6.20 Å². The summed E-state index contributed by atoms with van der Waals surface area (Å²) in [6, 6.07) is 11.9. The Hall–Kier alpha value is -3.55. The average molecular weight is 490 g/mol. The number of carbonyl (C=O) groups is 2. The molecule has 5 rings (SSSR count). The molecule has 0 spiro atoms. The van der Waals surface area contributed by atoms with E-state index in [0.717, 1.165) is 79.9 Å². The highest BCUT2D eigenvalue weighted by Crippen LogP contribution is 2.25. The number of ether oxygens (including phenoxy) is 1. The van der Waals surface area contributed by atoms with Crippen LogP contribution in [0.4, 0.5) is 4.79 Å². The van der Waals surface area contributed by atoms with Crippen LogP contribution in [0.3, 0.4) is 0 Å². The van der Waals surface area contributed by atoms with Crippen molar-refractivity contribution in [3.05, 3.63) is 54.4 Å². The van der Waals surface area contributed by atoms with Gasteiger partial charge in [-0.15, -0.1) is 0 Å². The normalized spacial score (nSPS) is 16.5. The van der Waals surface area contributed by atoms with Crippen molar-refractivity contribution in [2.75, 3.05) is 39.3 Å². The molecule has 2 fully saturated rings. The summed E-state index contributed by atoms with van der Waals surface area (Å²) in [7, 11) is 0. The van der Waals surface area contributed by atoms with E-state index in [4.69, 9.17) is 4.74 Å². The number of amides is 3. The number of carbonyl (C=O) groups excluding carboxylic acids is 2. The molecular formula is C28H35N5O3. The summed E-state index contributed by atoms with van der Waals surface area (Å²) in [5, 5.41) is 1.02. The molecule has 0 aliphatic carbocycles. The summed E-state index contributed by atoms with van der Waals surface area (Å²) in [6.07, 6.45) is 7.64. The summed E-state index contributed by atoms with van der Waals surface area (Å²) in [6.45, 7) is 8.62. The second-order valence-electron chi connectivity index (χ2n) is 9.57. The highest BCUT2D eigenvalue weighted by atomic mass is 16.5. The van der Waals surface area contributed by atoms with Crippen molar-refractivity contribution in [3.8, 4) is 11.6 Å². The van der Waals surface area contributed by atoms with Crippen LogP contribution in [0.15, 0.2) is 48.8 Å². The molecule has 0 radical (unpaired) electrons. The Morgan fingerprint density at radius 3 is 2.39 bits per heavy atom. The standard InChI is InChI=1S/C28H35N5O3/c1-3-30(4-2)28(35)32-16-12-23(13-17-32)36-24-8-10-26(29-20-24)33-18-11-21-19-22(7-9-25(21)33)27(34)31-14-5-6-15-31/h7-11,18-20,23H,3-6,12-17H2,1-2H3. The Morgan fingerprint density at radius 1 is 0.972 bits per heavy atom. The molecule has 4 heterocycles. The van der Waals surface area contributed by atoms with Crippen molar-refractivity contribution in [2.24, 2.45) is 0 Å². The Morgan fingerprint density at radius 2 is 1.72 bits per heavy atom. The predicted molar refractivity (Wildman–Crippen MR) is 140 cm³/mol. The Bertz CT molecular complexity index is 1200. The topological polar surface area (TPSA) is 70.9 Å². The van der Waals surface area contributed by atoms with Gasteiger partial charge in [-0.05, 0) is 63.1 Å². The first kappa shape index (κ1) is 24.2. The van der Waals surface area contributed by atoms with Gasteiger partial charge in [0.2, 0.25) is 0 Å². The van der Waals surface area contributed by atoms with Crippen LogP contribution in [-0.4, -0.2) is 81.6 Å². The zero-order valence-corrected chi connectivity index (χ0v) is 21.2. The largest absolute Gasteiger partial charge is 0.489 e. The van der Waals surface area contributed by atoms with Gasteiger partial charge in [0.25, 0.3) is 5.91 Å². The first-order valence-corrected chi connectivity index (χ1v) is 13.1. The summed E-state index contributed by atoms with van der Waals surface area (Å²) in [5.41, 5.74) is 1.75. The summed E-state index contributed by atoms with van der Waals surface area (Å²) in [5.74, 6) is 1.66. The SMILES string of the molecule is CCN(CC)C(=O)N1CCC(Oc2ccc(-n3ccc4cc(C(=O)N5CCCC5)ccc43)nc2)CC1. The van der Waals surface area contributed by atoms with Crippen molar-refractivity contribution in [1.82, 2.24) is 24.3 Å². The number of piperidine rings is 1. The van der Waals surface area contributed by atoms with E-state index in [9.17, 15) is 9.59 Å². The summed E-state index contributed by atoms with van der Waals surface area (Å²) < 4.78 is 8.21. The number of hydrogen-bond acceptors (Lipinski definition) is 4. The summed E-state index contributed by atoms with van der Waals surface area (Å²) in [4.78, 5) is 35.7. The number of hydrogen-bond donors (Lipinski definition) is 0. The molecule has 2 saturated heterocycles. The van der Waals surface area contributed by atoms with Crippen LogP contribution < -0.4 is 4.74 Å². The number of urea groups is 1. The molecule has 2 aromatic heterocycles. The predicted octanol–water partition coefficient (Wildman–Crippen LogP) is 4.57. The van der Waals surface area contributed by atoms with Gasteiger partial charge in [0.15, 0.2) is 0 Å². The average Bonchev–Trinajstić information content (AvgIpc) is 3.60. The van der Waals surface area contributed by atoms with Crippen molar-refractivity contribution in [3.63, 3.8) is 0 Å². The molecule has 190 valence electrons. The van der Waals surface area contributed by atoms with E-state index < -0.39 is 0 Å². The number of likely N-dealkylation sites (tertiary alicyclic amines) is 2. The quantitative estimate of drug-likeness (QED) is 0.509. The van der Waals surface area contributed by atoms with E-state index in [1.807, 2.05) is 75.7 Å². The van der Waals surface area contributed by atoms with Crippen LogP contribution in [-0.2, 0) is 0 Å². The van der Waals surface area contributed by atoms with Gasteiger partial charge < -0.3 is 24.0 Å². The van der Waals surface area contributed by atoms with Crippen molar-refractivity contribution in [1.29, 1.82) is 0 Å². The maximum Gasteiger partial charge on any atom is 0.319 e. The lowest BCUT2D eigenvalue weighted by Crippen LogP contribution is -2.48. The molecule has 0 unspecified atom stereocenters. The highest BCUT2D eigenvalue weighted by Gasteiger charge is 2.26. The first-order chi connectivity index (χ1) is 17.6. The fourth-order valence-corrected chi connectivity index (χ4v) is 5.21. The number of pyridine rings is 1. The lowest BCUT2D eigenvalue weighted by molar-refractivity contribution is 0.0792. The van der Waals surface area contributed by atoms with Crippen molar-refractivity contribution < 1.29 is 14.3 Å². The minimum Gasteiger partial charge on any atom is -0.489 e. The molecule has 2 aliphatic rings. The third-order valence-electron chi connectivity index (χ3n) is 7.35. The molecule has 1 aromatic carbocycles. The van der Waals surface area contributed by atoms with E-state index in [-0.39, 0.29) is 18.0 Å². The second-order valence-corrected chi connectivity index (χ2v) is 9.57. The second kappa shape index (κ2) is 10.6. The zero-order chi connectivity index (χ0) is 25.1. The fraction of sp³-hybridized carbons (Fsp3) is 0.464. The molecule has 8 nitrogen and oxygen atoms in total. The molecule has 2 aliphatic heterocycles. The van der Waals surface area contributed by atoms with Crippen LogP contribution in [0.2, 0.25) is 0 Å². The van der Waals surface area contributed by atoms with Crippen LogP contribution in [0.25, 0.3) is 16.7 Å². The van der Waals surface area contributed by atoms with Gasteiger partial charge in [0, 0.05) is 69.3 Å². The molecule has 3 aromatic rings. The molecule has 0 bridgehead atoms. The molecule has 0 saturated carbocycles. The monoisotopic (exact) mass is 489 g/mol. The van der Waals surface area contributed by atoms with Crippen LogP contribution >= 0.6 is 0 Å². The molecule has 8 heteroatoms. The van der Waals surface area contributed by atoms with Gasteiger partial charge in [-0.2, -0.15) is 0 Å². The minimum atomic E-state index is 0.0809. The van der Waals surface area contributed by atoms with Crippen molar-refractivity contribution >= 4 is 22.8 Å². The van der Waals surface area contributed by atoms with Gasteiger partial charge in [0.05, 0.1) is 11.7 Å². The van der Waals surface area contributed by atoms with Gasteiger partial charge >= 0.3 is 6.03 Å². The Balaban J connectivity index is 1.21. The van der Waals surface area contributed by atoms with Crippen molar-refractivity contribution in [2.45, 2.75) is 45.6 Å². The maximum absolute atomic E-state index is 12.7. The maximum atomic E-state index is 12.7. The van der Waals surface area contributed by atoms with E-state index in [0.29, 0.717) is 13.1 Å². The van der Waals surface area contributed by atoms with Crippen LogP contribution in [0, 0.1) is 0 Å². The molecule has 0 N–H and O–H groups in total. The van der Waals surface area contributed by atoms with Gasteiger partial charge in [0.1, 0.15) is 17.7 Å². The number of rotatable bonds is 6. The third-order valence-corrected chi connectivity index (χ3v) is 7.35. The van der Waals surface area contributed by atoms with E-state index in [2.05, 4.69) is 4.98 Å². The van der Waals surface area contributed by atoms with E-state index >= 15 is 0 Å². The molecule has 3 amide bonds. The Kier molecular flexibility index (Phi) is 7.11. The first-order valence-electron chi connectivity index (χ1n) is 13.1. The molecular weight excluding hydrogens is 454 g/mol. The van der Waals surface area contributed by atoms with Crippen LogP contribution in [0.1, 0.15) is 49.9 Å². The minimum absolute atomic E-state index is 0.0809. The number of aromatic nitrogens is 2. The van der Waals surface area contributed by atoms with E-state index in [1.165, 1.54) is 0 Å². The molecule has 36 heavy (non-hydrogen) atoms. The zero-order valence-electron chi connectivity index (χ0n) is 21.2. The number of nitrogens with zero attached hydrogens (tertiary/aromatic N) is 5. The highest BCUT2D eigenvalue weighted by molar-refractivity contribution is 5.98. The van der Waals surface area contributed by atoms with Gasteiger partial charge in [-0.3, -0.25) is 4.79 Å². The fourth-order valence-electron chi connectivity index (χ4n) is 5.21.